The Hall–Kier alpha value is -1.21. The topological polar surface area (TPSA) is 66.9 Å². The molecule has 3 rings (SSSR count). The quantitative estimate of drug-likeness (QED) is 0.872. The summed E-state index contributed by atoms with van der Waals surface area (Å²) in [6.07, 6.45) is 1.38. The first-order valence-corrected chi connectivity index (χ1v) is 8.38. The Morgan fingerprint density at radius 2 is 2.13 bits per heavy atom. The molecule has 2 aliphatic heterocycles. The summed E-state index contributed by atoms with van der Waals surface area (Å²) < 4.78 is 11.3. The number of anilines is 1. The molecule has 0 bridgehead atoms. The third kappa shape index (κ3) is 4.20. The molecule has 6 heteroatoms. The maximum Gasteiger partial charge on any atom is 0.112 e. The number of nitrogens with zero attached hydrogens (tertiary/aromatic N) is 2. The van der Waals surface area contributed by atoms with Gasteiger partial charge >= 0.3 is 0 Å². The van der Waals surface area contributed by atoms with E-state index < -0.39 is 5.60 Å². The SMILES string of the molecule is CNc1cc(C)nc([C@@H]2CN(CC3(O)CCOCC3)CCO2)c1. The molecular formula is C17H27N3O3. The zero-order valence-corrected chi connectivity index (χ0v) is 14.0. The van der Waals surface area contributed by atoms with E-state index in [1.54, 1.807) is 0 Å². The van der Waals surface area contributed by atoms with Crippen LogP contribution in [0, 0.1) is 6.92 Å². The number of hydrogen-bond acceptors (Lipinski definition) is 6. The molecule has 2 N–H and O–H groups in total. The highest BCUT2D eigenvalue weighted by molar-refractivity contribution is 5.45. The van der Waals surface area contributed by atoms with Gasteiger partial charge in [-0.2, -0.15) is 0 Å². The van der Waals surface area contributed by atoms with Crippen molar-refractivity contribution in [3.05, 3.63) is 23.5 Å². The molecule has 128 valence electrons. The van der Waals surface area contributed by atoms with E-state index in [1.807, 2.05) is 26.1 Å². The Morgan fingerprint density at radius 3 is 2.87 bits per heavy atom. The average molecular weight is 321 g/mol. The minimum Gasteiger partial charge on any atom is -0.388 e. The third-order valence-corrected chi connectivity index (χ3v) is 4.68. The molecule has 1 atom stereocenters. The minimum absolute atomic E-state index is 0.0424. The summed E-state index contributed by atoms with van der Waals surface area (Å²) in [6.45, 7) is 6.26. The Labute approximate surface area is 137 Å². The number of hydrogen-bond donors (Lipinski definition) is 2. The molecule has 23 heavy (non-hydrogen) atoms. The molecule has 2 fully saturated rings. The molecule has 2 saturated heterocycles. The molecule has 1 aromatic heterocycles. The van der Waals surface area contributed by atoms with Crippen LogP contribution in [-0.4, -0.2) is 67.1 Å². The third-order valence-electron chi connectivity index (χ3n) is 4.68. The predicted molar refractivity (Wildman–Crippen MR) is 88.7 cm³/mol. The molecule has 0 saturated carbocycles. The van der Waals surface area contributed by atoms with Gasteiger partial charge in [0.25, 0.3) is 0 Å². The summed E-state index contributed by atoms with van der Waals surface area (Å²) >= 11 is 0. The minimum atomic E-state index is -0.629. The van der Waals surface area contributed by atoms with E-state index in [9.17, 15) is 5.11 Å². The van der Waals surface area contributed by atoms with Gasteiger partial charge in [0, 0.05) is 64.1 Å². The number of aryl methyl sites for hydroxylation is 1. The van der Waals surface area contributed by atoms with Crippen molar-refractivity contribution in [2.45, 2.75) is 31.5 Å². The lowest BCUT2D eigenvalue weighted by Gasteiger charge is -2.40. The predicted octanol–water partition coefficient (Wildman–Crippen LogP) is 1.35. The Bertz CT molecular complexity index is 532. The maximum absolute atomic E-state index is 10.7. The summed E-state index contributed by atoms with van der Waals surface area (Å²) in [4.78, 5) is 6.92. The Morgan fingerprint density at radius 1 is 1.35 bits per heavy atom. The van der Waals surface area contributed by atoms with Gasteiger partial charge < -0.3 is 19.9 Å². The molecule has 0 radical (unpaired) electrons. The first-order valence-electron chi connectivity index (χ1n) is 8.38. The maximum atomic E-state index is 10.7. The van der Waals surface area contributed by atoms with Crippen LogP contribution < -0.4 is 5.32 Å². The first kappa shape index (κ1) is 16.6. The van der Waals surface area contributed by atoms with Crippen LogP contribution in [0.5, 0.6) is 0 Å². The second kappa shape index (κ2) is 7.13. The second-order valence-electron chi connectivity index (χ2n) is 6.60. The van der Waals surface area contributed by atoms with Gasteiger partial charge in [0.15, 0.2) is 0 Å². The van der Waals surface area contributed by atoms with Gasteiger partial charge in [-0.3, -0.25) is 9.88 Å². The molecule has 3 heterocycles. The fourth-order valence-corrected chi connectivity index (χ4v) is 3.35. The molecule has 6 nitrogen and oxygen atoms in total. The highest BCUT2D eigenvalue weighted by Gasteiger charge is 2.34. The number of rotatable bonds is 4. The monoisotopic (exact) mass is 321 g/mol. The molecule has 0 aliphatic carbocycles. The van der Waals surface area contributed by atoms with Crippen molar-refractivity contribution in [3.8, 4) is 0 Å². The summed E-state index contributed by atoms with van der Waals surface area (Å²) in [7, 11) is 1.91. The summed E-state index contributed by atoms with van der Waals surface area (Å²) in [5.41, 5.74) is 2.36. The van der Waals surface area contributed by atoms with E-state index in [0.717, 1.165) is 30.2 Å². The van der Waals surface area contributed by atoms with Gasteiger partial charge in [-0.05, 0) is 19.1 Å². The highest BCUT2D eigenvalue weighted by Crippen LogP contribution is 2.27. The van der Waals surface area contributed by atoms with Crippen LogP contribution in [0.15, 0.2) is 12.1 Å². The van der Waals surface area contributed by atoms with Crippen molar-refractivity contribution in [1.29, 1.82) is 0 Å². The number of ether oxygens (including phenoxy) is 2. The van der Waals surface area contributed by atoms with Crippen molar-refractivity contribution in [3.63, 3.8) is 0 Å². The summed E-state index contributed by atoms with van der Waals surface area (Å²) in [5.74, 6) is 0. The van der Waals surface area contributed by atoms with Crippen LogP contribution in [-0.2, 0) is 9.47 Å². The van der Waals surface area contributed by atoms with Gasteiger partial charge in [-0.1, -0.05) is 0 Å². The van der Waals surface area contributed by atoms with E-state index in [1.165, 1.54) is 0 Å². The van der Waals surface area contributed by atoms with Gasteiger partial charge in [0.2, 0.25) is 0 Å². The summed E-state index contributed by atoms with van der Waals surface area (Å²) in [6, 6.07) is 4.07. The lowest BCUT2D eigenvalue weighted by molar-refractivity contribution is -0.103. The van der Waals surface area contributed by atoms with Crippen LogP contribution >= 0.6 is 0 Å². The Kier molecular flexibility index (Phi) is 5.16. The smallest absolute Gasteiger partial charge is 0.112 e. The molecule has 2 aliphatic rings. The van der Waals surface area contributed by atoms with Crippen molar-refractivity contribution in [2.24, 2.45) is 0 Å². The van der Waals surface area contributed by atoms with Crippen molar-refractivity contribution in [1.82, 2.24) is 9.88 Å². The van der Waals surface area contributed by atoms with E-state index >= 15 is 0 Å². The van der Waals surface area contributed by atoms with Crippen LogP contribution in [0.2, 0.25) is 0 Å². The van der Waals surface area contributed by atoms with Gasteiger partial charge in [-0.25, -0.2) is 0 Å². The first-order chi connectivity index (χ1) is 11.1. The highest BCUT2D eigenvalue weighted by atomic mass is 16.5. The Balaban J connectivity index is 1.67. The van der Waals surface area contributed by atoms with Gasteiger partial charge in [-0.15, -0.1) is 0 Å². The number of nitrogens with one attached hydrogen (secondary N) is 1. The normalized spacial score (nSPS) is 25.3. The molecule has 0 spiro atoms. The zero-order valence-electron chi connectivity index (χ0n) is 14.0. The lowest BCUT2D eigenvalue weighted by atomic mass is 9.93. The van der Waals surface area contributed by atoms with Crippen LogP contribution in [0.3, 0.4) is 0 Å². The van der Waals surface area contributed by atoms with E-state index in [-0.39, 0.29) is 6.10 Å². The number of aromatic nitrogens is 1. The van der Waals surface area contributed by atoms with Gasteiger partial charge in [0.05, 0.1) is 17.9 Å². The number of aliphatic hydroxyl groups is 1. The van der Waals surface area contributed by atoms with Crippen molar-refractivity contribution in [2.75, 3.05) is 51.8 Å². The van der Waals surface area contributed by atoms with E-state index in [4.69, 9.17) is 9.47 Å². The average Bonchev–Trinajstić information content (AvgIpc) is 2.54. The fourth-order valence-electron chi connectivity index (χ4n) is 3.35. The van der Waals surface area contributed by atoms with Crippen LogP contribution in [0.1, 0.15) is 30.3 Å². The standard InChI is InChI=1S/C17H27N3O3/c1-13-9-14(18-2)10-15(19-13)16-11-20(5-8-23-16)12-17(21)3-6-22-7-4-17/h9-10,16,21H,3-8,11-12H2,1-2H3,(H,18,19)/t16-/m0/s1. The molecule has 0 aromatic carbocycles. The molecule has 0 amide bonds. The van der Waals surface area contributed by atoms with Crippen molar-refractivity contribution < 1.29 is 14.6 Å². The van der Waals surface area contributed by atoms with Crippen LogP contribution in [0.4, 0.5) is 5.69 Å². The fraction of sp³-hybridized carbons (Fsp3) is 0.706. The van der Waals surface area contributed by atoms with Gasteiger partial charge in [0.1, 0.15) is 6.10 Å². The molecular weight excluding hydrogens is 294 g/mol. The van der Waals surface area contributed by atoms with E-state index in [2.05, 4.69) is 15.2 Å². The molecule has 0 unspecified atom stereocenters. The van der Waals surface area contributed by atoms with Crippen molar-refractivity contribution >= 4 is 5.69 Å². The zero-order chi connectivity index (χ0) is 16.3. The lowest BCUT2D eigenvalue weighted by Crippen LogP contribution is -2.50. The number of pyridine rings is 1. The second-order valence-corrected chi connectivity index (χ2v) is 6.60. The van der Waals surface area contributed by atoms with E-state index in [0.29, 0.717) is 39.2 Å². The number of β-amino-alcohol motifs (C(OH)–C–C–N with tert-alkyl or cyclic N) is 1. The number of morpholine rings is 1. The molecule has 1 aromatic rings. The largest absolute Gasteiger partial charge is 0.388 e. The van der Waals surface area contributed by atoms with Crippen LogP contribution in [0.25, 0.3) is 0 Å². The summed E-state index contributed by atoms with van der Waals surface area (Å²) in [5, 5.41) is 13.9.